The van der Waals surface area contributed by atoms with E-state index in [2.05, 4.69) is 15.9 Å². The molecule has 0 amide bonds. The van der Waals surface area contributed by atoms with Gasteiger partial charge in [-0.3, -0.25) is 4.79 Å². The maximum absolute atomic E-state index is 14.1. The zero-order valence-corrected chi connectivity index (χ0v) is 16.0. The van der Waals surface area contributed by atoms with Crippen LogP contribution >= 0.6 is 15.9 Å². The second-order valence-corrected chi connectivity index (χ2v) is 7.54. The molecule has 4 nitrogen and oxygen atoms in total. The molecule has 2 rings (SSSR count). The van der Waals surface area contributed by atoms with E-state index in [1.165, 1.54) is 6.07 Å². The Balaban J connectivity index is 2.12. The first-order valence-corrected chi connectivity index (χ1v) is 8.61. The van der Waals surface area contributed by atoms with Gasteiger partial charge in [0, 0.05) is 15.6 Å². The van der Waals surface area contributed by atoms with Gasteiger partial charge in [-0.15, -0.1) is 0 Å². The Bertz CT molecular complexity index is 772. The van der Waals surface area contributed by atoms with Crippen LogP contribution in [-0.4, -0.2) is 11.6 Å². The van der Waals surface area contributed by atoms with E-state index in [1.54, 1.807) is 24.3 Å². The van der Waals surface area contributed by atoms with Crippen molar-refractivity contribution in [3.05, 3.63) is 57.8 Å². The highest BCUT2D eigenvalue weighted by Crippen LogP contribution is 2.25. The molecular weight excluding hydrogens is 389 g/mol. The lowest BCUT2D eigenvalue weighted by molar-refractivity contribution is -0.153. The van der Waals surface area contributed by atoms with E-state index in [9.17, 15) is 9.18 Å². The second-order valence-electron chi connectivity index (χ2n) is 6.63. The number of para-hydroxylation sites is 1. The number of halogens is 2. The van der Waals surface area contributed by atoms with Gasteiger partial charge in [-0.1, -0.05) is 34.1 Å². The van der Waals surface area contributed by atoms with Crippen molar-refractivity contribution >= 4 is 27.6 Å². The number of rotatable bonds is 5. The maximum Gasteiger partial charge on any atom is 0.310 e. The first kappa shape index (κ1) is 19.2. The summed E-state index contributed by atoms with van der Waals surface area (Å²) in [6.07, 6.45) is 0.0799. The summed E-state index contributed by atoms with van der Waals surface area (Å²) in [6, 6.07) is 10.2. The standard InChI is InChI=1S/C19H21BrFNO3/c1-19(2,3)25-17(23)9-12-6-4-5-7-16(12)24-11-13-8-14(20)10-15(22)18(13)21/h4-8,10H,9,11,22H2,1-3H3. The molecule has 0 fully saturated rings. The molecule has 0 bridgehead atoms. The number of carbonyl (C=O) groups is 1. The van der Waals surface area contributed by atoms with Crippen molar-refractivity contribution in [2.75, 3.05) is 5.73 Å². The normalized spacial score (nSPS) is 11.2. The lowest BCUT2D eigenvalue weighted by Gasteiger charge is -2.20. The third kappa shape index (κ3) is 5.74. The van der Waals surface area contributed by atoms with E-state index >= 15 is 0 Å². The number of hydrogen-bond donors (Lipinski definition) is 1. The van der Waals surface area contributed by atoms with Crippen molar-refractivity contribution in [1.82, 2.24) is 0 Å². The van der Waals surface area contributed by atoms with Crippen molar-refractivity contribution < 1.29 is 18.7 Å². The summed E-state index contributed by atoms with van der Waals surface area (Å²) >= 11 is 3.29. The van der Waals surface area contributed by atoms with Gasteiger partial charge in [0.1, 0.15) is 18.0 Å². The Morgan fingerprint density at radius 1 is 1.20 bits per heavy atom. The minimum Gasteiger partial charge on any atom is -0.488 e. The number of esters is 1. The summed E-state index contributed by atoms with van der Waals surface area (Å²) in [6.45, 7) is 5.44. The van der Waals surface area contributed by atoms with E-state index in [0.29, 0.717) is 21.3 Å². The van der Waals surface area contributed by atoms with Gasteiger partial charge < -0.3 is 15.2 Å². The number of benzene rings is 2. The molecule has 2 aromatic carbocycles. The number of ether oxygens (including phenoxy) is 2. The lowest BCUT2D eigenvalue weighted by atomic mass is 10.1. The molecule has 0 aliphatic carbocycles. The van der Waals surface area contributed by atoms with Crippen molar-refractivity contribution in [3.63, 3.8) is 0 Å². The van der Waals surface area contributed by atoms with E-state index in [1.807, 2.05) is 26.8 Å². The zero-order valence-electron chi connectivity index (χ0n) is 14.4. The van der Waals surface area contributed by atoms with E-state index in [-0.39, 0.29) is 24.7 Å². The molecule has 2 N–H and O–H groups in total. The van der Waals surface area contributed by atoms with Crippen LogP contribution in [-0.2, 0) is 22.6 Å². The Kier molecular flexibility index (Phi) is 6.06. The molecule has 0 aliphatic heterocycles. The molecule has 0 aliphatic rings. The van der Waals surface area contributed by atoms with E-state index in [0.717, 1.165) is 0 Å². The molecule has 134 valence electrons. The van der Waals surface area contributed by atoms with Crippen molar-refractivity contribution in [3.8, 4) is 5.75 Å². The van der Waals surface area contributed by atoms with Crippen LogP contribution in [0.1, 0.15) is 31.9 Å². The largest absolute Gasteiger partial charge is 0.488 e. The van der Waals surface area contributed by atoms with Crippen LogP contribution < -0.4 is 10.5 Å². The van der Waals surface area contributed by atoms with Gasteiger partial charge in [-0.25, -0.2) is 4.39 Å². The minimum atomic E-state index is -0.552. The second kappa shape index (κ2) is 7.87. The van der Waals surface area contributed by atoms with Gasteiger partial charge in [0.05, 0.1) is 12.1 Å². The highest BCUT2D eigenvalue weighted by atomic mass is 79.9. The average molecular weight is 410 g/mol. The van der Waals surface area contributed by atoms with Crippen LogP contribution in [0.3, 0.4) is 0 Å². The van der Waals surface area contributed by atoms with Crippen LogP contribution in [0.5, 0.6) is 5.75 Å². The molecule has 0 spiro atoms. The molecule has 0 radical (unpaired) electrons. The number of hydrogen-bond acceptors (Lipinski definition) is 4. The summed E-state index contributed by atoms with van der Waals surface area (Å²) in [5.74, 6) is -0.347. The Hall–Kier alpha value is -2.08. The van der Waals surface area contributed by atoms with Crippen LogP contribution in [0, 0.1) is 5.82 Å². The molecule has 0 atom stereocenters. The lowest BCUT2D eigenvalue weighted by Crippen LogP contribution is -2.25. The van der Waals surface area contributed by atoms with Crippen molar-refractivity contribution in [2.45, 2.75) is 39.4 Å². The average Bonchev–Trinajstić information content (AvgIpc) is 2.48. The topological polar surface area (TPSA) is 61.5 Å². The van der Waals surface area contributed by atoms with Gasteiger partial charge in [0.25, 0.3) is 0 Å². The number of anilines is 1. The summed E-state index contributed by atoms with van der Waals surface area (Å²) < 4.78 is 25.8. The fourth-order valence-corrected chi connectivity index (χ4v) is 2.78. The number of nitrogen functional groups attached to an aromatic ring is 1. The molecule has 0 heterocycles. The van der Waals surface area contributed by atoms with Crippen LogP contribution in [0.2, 0.25) is 0 Å². The highest BCUT2D eigenvalue weighted by Gasteiger charge is 2.18. The fraction of sp³-hybridized carbons (Fsp3) is 0.316. The highest BCUT2D eigenvalue weighted by molar-refractivity contribution is 9.10. The predicted octanol–water partition coefficient (Wildman–Crippen LogP) is 4.63. The molecule has 0 saturated heterocycles. The number of carbonyl (C=O) groups excluding carboxylic acids is 1. The quantitative estimate of drug-likeness (QED) is 0.577. The third-order valence-corrected chi connectivity index (χ3v) is 3.71. The predicted molar refractivity (Wildman–Crippen MR) is 98.8 cm³/mol. The summed E-state index contributed by atoms with van der Waals surface area (Å²) in [7, 11) is 0. The fourth-order valence-electron chi connectivity index (χ4n) is 2.25. The maximum atomic E-state index is 14.1. The monoisotopic (exact) mass is 409 g/mol. The smallest absolute Gasteiger partial charge is 0.310 e. The third-order valence-electron chi connectivity index (χ3n) is 3.25. The molecule has 0 unspecified atom stereocenters. The molecule has 0 aromatic heterocycles. The molecule has 2 aromatic rings. The number of nitrogens with two attached hydrogens (primary N) is 1. The van der Waals surface area contributed by atoms with E-state index < -0.39 is 11.4 Å². The first-order chi connectivity index (χ1) is 11.7. The molecule has 25 heavy (non-hydrogen) atoms. The molecule has 6 heteroatoms. The molecular formula is C19H21BrFNO3. The van der Waals surface area contributed by atoms with Gasteiger partial charge in [-0.2, -0.15) is 0 Å². The summed E-state index contributed by atoms with van der Waals surface area (Å²) in [4.78, 5) is 12.0. The van der Waals surface area contributed by atoms with Crippen molar-refractivity contribution in [1.29, 1.82) is 0 Å². The van der Waals surface area contributed by atoms with Gasteiger partial charge in [-0.05, 0) is 39.0 Å². The SMILES string of the molecule is CC(C)(C)OC(=O)Cc1ccccc1OCc1cc(Br)cc(N)c1F. The van der Waals surface area contributed by atoms with Gasteiger partial charge >= 0.3 is 5.97 Å². The van der Waals surface area contributed by atoms with Crippen molar-refractivity contribution in [2.24, 2.45) is 0 Å². The Morgan fingerprint density at radius 3 is 2.56 bits per heavy atom. The minimum absolute atomic E-state index is 0.000799. The Labute approximate surface area is 155 Å². The van der Waals surface area contributed by atoms with Gasteiger partial charge in [0.15, 0.2) is 5.82 Å². The van der Waals surface area contributed by atoms with Crippen LogP contribution in [0.4, 0.5) is 10.1 Å². The summed E-state index contributed by atoms with van der Waals surface area (Å²) in [5.41, 5.74) is 6.14. The van der Waals surface area contributed by atoms with Crippen LogP contribution in [0.15, 0.2) is 40.9 Å². The van der Waals surface area contributed by atoms with Gasteiger partial charge in [0.2, 0.25) is 0 Å². The Morgan fingerprint density at radius 2 is 1.88 bits per heavy atom. The molecule has 0 saturated carbocycles. The summed E-state index contributed by atoms with van der Waals surface area (Å²) in [5, 5.41) is 0. The van der Waals surface area contributed by atoms with E-state index in [4.69, 9.17) is 15.2 Å². The van der Waals surface area contributed by atoms with Crippen LogP contribution in [0.25, 0.3) is 0 Å². The zero-order chi connectivity index (χ0) is 18.6. The first-order valence-electron chi connectivity index (χ1n) is 7.81.